The Morgan fingerprint density at radius 3 is 2.90 bits per heavy atom. The summed E-state index contributed by atoms with van der Waals surface area (Å²) in [5.41, 5.74) is 1.04. The molecule has 0 radical (unpaired) electrons. The maximum atomic E-state index is 14.1. The highest BCUT2D eigenvalue weighted by atomic mass is 19.1. The molecule has 1 aromatic carbocycles. The second-order valence-electron chi connectivity index (χ2n) is 6.01. The van der Waals surface area contributed by atoms with Crippen molar-refractivity contribution in [2.24, 2.45) is 5.92 Å². The molecule has 20 heavy (non-hydrogen) atoms. The summed E-state index contributed by atoms with van der Waals surface area (Å²) < 4.78 is 14.1. The molecule has 4 heteroatoms. The number of carbonyl (C=O) groups excluding carboxylic acids is 1. The van der Waals surface area contributed by atoms with Crippen LogP contribution in [0.1, 0.15) is 29.6 Å². The van der Waals surface area contributed by atoms with E-state index in [-0.39, 0.29) is 5.82 Å². The number of aldehydes is 1. The van der Waals surface area contributed by atoms with Crippen LogP contribution in [-0.4, -0.2) is 43.9 Å². The molecule has 0 aromatic heterocycles. The monoisotopic (exact) mass is 276 g/mol. The number of anilines is 1. The predicted molar refractivity (Wildman–Crippen MR) is 77.8 cm³/mol. The molecule has 2 aliphatic rings. The highest BCUT2D eigenvalue weighted by molar-refractivity contribution is 5.76. The van der Waals surface area contributed by atoms with Crippen LogP contribution in [0.25, 0.3) is 0 Å². The van der Waals surface area contributed by atoms with E-state index in [2.05, 4.69) is 16.8 Å². The van der Waals surface area contributed by atoms with Gasteiger partial charge in [-0.05, 0) is 57.0 Å². The molecule has 3 rings (SSSR count). The third-order valence-electron chi connectivity index (χ3n) is 4.79. The van der Waals surface area contributed by atoms with E-state index in [9.17, 15) is 9.18 Å². The molecule has 1 aromatic rings. The lowest BCUT2D eigenvalue weighted by atomic mass is 9.84. The molecule has 2 atom stereocenters. The zero-order valence-electron chi connectivity index (χ0n) is 11.9. The third-order valence-corrected chi connectivity index (χ3v) is 4.79. The Hall–Kier alpha value is -1.42. The molecule has 108 valence electrons. The van der Waals surface area contributed by atoms with Gasteiger partial charge in [-0.3, -0.25) is 4.79 Å². The zero-order valence-corrected chi connectivity index (χ0v) is 11.9. The van der Waals surface area contributed by atoms with Gasteiger partial charge in [-0.2, -0.15) is 0 Å². The van der Waals surface area contributed by atoms with Crippen molar-refractivity contribution in [3.8, 4) is 0 Å². The number of hydrogen-bond acceptors (Lipinski definition) is 3. The van der Waals surface area contributed by atoms with E-state index in [1.807, 2.05) is 0 Å². The van der Waals surface area contributed by atoms with E-state index in [4.69, 9.17) is 0 Å². The maximum Gasteiger partial charge on any atom is 0.150 e. The summed E-state index contributed by atoms with van der Waals surface area (Å²) in [4.78, 5) is 15.3. The van der Waals surface area contributed by atoms with Crippen LogP contribution in [0.15, 0.2) is 18.2 Å². The first-order valence-corrected chi connectivity index (χ1v) is 7.39. The fraction of sp³-hybridized carbons (Fsp3) is 0.562. The Balaban J connectivity index is 1.77. The van der Waals surface area contributed by atoms with Crippen LogP contribution in [0.3, 0.4) is 0 Å². The van der Waals surface area contributed by atoms with E-state index in [1.165, 1.54) is 25.5 Å². The number of rotatable bonds is 2. The average Bonchev–Trinajstić information content (AvgIpc) is 2.47. The van der Waals surface area contributed by atoms with E-state index >= 15 is 0 Å². The lowest BCUT2D eigenvalue weighted by Crippen LogP contribution is -2.52. The first-order chi connectivity index (χ1) is 9.69. The van der Waals surface area contributed by atoms with Gasteiger partial charge >= 0.3 is 0 Å². The number of halogens is 1. The van der Waals surface area contributed by atoms with Gasteiger partial charge in [0.05, 0.1) is 5.69 Å². The summed E-state index contributed by atoms with van der Waals surface area (Å²) in [6.07, 6.45) is 4.25. The Kier molecular flexibility index (Phi) is 3.74. The quantitative estimate of drug-likeness (QED) is 0.776. The molecule has 3 nitrogen and oxygen atoms in total. The van der Waals surface area contributed by atoms with Gasteiger partial charge in [0, 0.05) is 24.7 Å². The largest absolute Gasteiger partial charge is 0.369 e. The van der Waals surface area contributed by atoms with E-state index in [1.54, 1.807) is 12.1 Å². The molecular formula is C16H21FN2O. The number of piperidine rings is 2. The normalized spacial score (nSPS) is 27.2. The minimum Gasteiger partial charge on any atom is -0.369 e. The second-order valence-corrected chi connectivity index (χ2v) is 6.01. The van der Waals surface area contributed by atoms with Crippen molar-refractivity contribution in [2.75, 3.05) is 31.6 Å². The van der Waals surface area contributed by atoms with Crippen LogP contribution in [-0.2, 0) is 0 Å². The smallest absolute Gasteiger partial charge is 0.150 e. The predicted octanol–water partition coefficient (Wildman–Crippen LogP) is 2.56. The molecule has 2 aliphatic heterocycles. The van der Waals surface area contributed by atoms with Crippen molar-refractivity contribution in [2.45, 2.75) is 25.3 Å². The van der Waals surface area contributed by atoms with Gasteiger partial charge in [0.15, 0.2) is 0 Å². The molecule has 2 unspecified atom stereocenters. The van der Waals surface area contributed by atoms with Crippen molar-refractivity contribution in [1.82, 2.24) is 4.90 Å². The number of fused-ring (bicyclic) bond motifs is 1. The number of benzene rings is 1. The summed E-state index contributed by atoms with van der Waals surface area (Å²) in [6.45, 7) is 3.00. The summed E-state index contributed by atoms with van der Waals surface area (Å²) in [5.74, 6) is 0.352. The van der Waals surface area contributed by atoms with Gasteiger partial charge in [0.25, 0.3) is 0 Å². The van der Waals surface area contributed by atoms with Crippen molar-refractivity contribution in [1.29, 1.82) is 0 Å². The van der Waals surface area contributed by atoms with Crippen LogP contribution >= 0.6 is 0 Å². The number of likely N-dealkylation sites (tertiary alicyclic amines) is 1. The Bertz CT molecular complexity index is 505. The van der Waals surface area contributed by atoms with E-state index in [0.29, 0.717) is 29.5 Å². The average molecular weight is 276 g/mol. The lowest BCUT2D eigenvalue weighted by Gasteiger charge is -2.46. The fourth-order valence-electron chi connectivity index (χ4n) is 3.72. The highest BCUT2D eigenvalue weighted by Crippen LogP contribution is 2.32. The molecule has 0 bridgehead atoms. The molecule has 2 fully saturated rings. The molecule has 0 saturated carbocycles. The van der Waals surface area contributed by atoms with Crippen LogP contribution in [0.2, 0.25) is 0 Å². The molecular weight excluding hydrogens is 255 g/mol. The fourth-order valence-corrected chi connectivity index (χ4v) is 3.72. The maximum absolute atomic E-state index is 14.1. The van der Waals surface area contributed by atoms with E-state index in [0.717, 1.165) is 19.5 Å². The zero-order chi connectivity index (χ0) is 14.1. The molecule has 2 saturated heterocycles. The molecule has 2 heterocycles. The van der Waals surface area contributed by atoms with Gasteiger partial charge in [0.2, 0.25) is 0 Å². The van der Waals surface area contributed by atoms with Crippen LogP contribution in [0.4, 0.5) is 10.1 Å². The molecule has 0 amide bonds. The Morgan fingerprint density at radius 2 is 2.15 bits per heavy atom. The Morgan fingerprint density at radius 1 is 1.30 bits per heavy atom. The summed E-state index contributed by atoms with van der Waals surface area (Å²) in [5, 5.41) is 0. The van der Waals surface area contributed by atoms with Crippen LogP contribution in [0, 0.1) is 11.7 Å². The van der Waals surface area contributed by atoms with E-state index < -0.39 is 0 Å². The van der Waals surface area contributed by atoms with Gasteiger partial charge in [-0.25, -0.2) is 4.39 Å². The van der Waals surface area contributed by atoms with Gasteiger partial charge in [0.1, 0.15) is 12.1 Å². The SMILES string of the molecule is CN1CCCC2CN(c3ccc(C=O)cc3F)CCC21. The minimum atomic E-state index is -0.280. The molecule has 0 N–H and O–H groups in total. The van der Waals surface area contributed by atoms with Crippen LogP contribution in [0.5, 0.6) is 0 Å². The van der Waals surface area contributed by atoms with Crippen molar-refractivity contribution >= 4 is 12.0 Å². The summed E-state index contributed by atoms with van der Waals surface area (Å²) in [6, 6.07) is 5.43. The van der Waals surface area contributed by atoms with Crippen molar-refractivity contribution in [3.63, 3.8) is 0 Å². The lowest BCUT2D eigenvalue weighted by molar-refractivity contribution is 0.102. The first kappa shape index (κ1) is 13.6. The topological polar surface area (TPSA) is 23.6 Å². The summed E-state index contributed by atoms with van der Waals surface area (Å²) in [7, 11) is 2.20. The second kappa shape index (κ2) is 5.52. The molecule has 0 aliphatic carbocycles. The minimum absolute atomic E-state index is 0.280. The number of carbonyl (C=O) groups is 1. The van der Waals surface area contributed by atoms with Crippen LogP contribution < -0.4 is 4.90 Å². The van der Waals surface area contributed by atoms with Gasteiger partial charge < -0.3 is 9.80 Å². The number of nitrogens with zero attached hydrogens (tertiary/aromatic N) is 2. The summed E-state index contributed by atoms with van der Waals surface area (Å²) >= 11 is 0. The van der Waals surface area contributed by atoms with Gasteiger partial charge in [-0.15, -0.1) is 0 Å². The Labute approximate surface area is 119 Å². The third kappa shape index (κ3) is 2.44. The molecule has 0 spiro atoms. The van der Waals surface area contributed by atoms with Crippen molar-refractivity contribution in [3.05, 3.63) is 29.6 Å². The standard InChI is InChI=1S/C16H21FN2O/c1-18-7-2-3-13-10-19(8-6-15(13)18)16-5-4-12(11-20)9-14(16)17/h4-5,9,11,13,15H,2-3,6-8,10H2,1H3. The number of hydrogen-bond donors (Lipinski definition) is 0. The first-order valence-electron chi connectivity index (χ1n) is 7.39. The highest BCUT2D eigenvalue weighted by Gasteiger charge is 2.34. The van der Waals surface area contributed by atoms with Crippen molar-refractivity contribution < 1.29 is 9.18 Å². The van der Waals surface area contributed by atoms with Gasteiger partial charge in [-0.1, -0.05) is 0 Å².